The molecule has 1 aliphatic carbocycles. The van der Waals surface area contributed by atoms with Gasteiger partial charge < -0.3 is 0 Å². The van der Waals surface area contributed by atoms with Crippen molar-refractivity contribution in [3.63, 3.8) is 0 Å². The van der Waals surface area contributed by atoms with Crippen molar-refractivity contribution in [2.24, 2.45) is 0 Å². The largest absolute Gasteiger partial charge is 0.323 e. The van der Waals surface area contributed by atoms with E-state index in [2.05, 4.69) is 0 Å². The number of hydrogen-bond donors (Lipinski definition) is 0. The van der Waals surface area contributed by atoms with Crippen molar-refractivity contribution in [2.45, 2.75) is 14.6 Å². The SMILES string of the molecule is O=C1C(Cl)=CC(Cl)(Cl)C(F)(F)C1(Cl)Cl. The van der Waals surface area contributed by atoms with Gasteiger partial charge in [0.25, 0.3) is 0 Å². The molecule has 1 rings (SSSR count). The van der Waals surface area contributed by atoms with Gasteiger partial charge in [-0.05, 0) is 6.08 Å². The van der Waals surface area contributed by atoms with Crippen LogP contribution in [0.3, 0.4) is 0 Å². The van der Waals surface area contributed by atoms with Crippen LogP contribution in [0.15, 0.2) is 11.1 Å². The third-order valence-electron chi connectivity index (χ3n) is 1.62. The van der Waals surface area contributed by atoms with Crippen LogP contribution in [0.2, 0.25) is 0 Å². The molecule has 0 unspecified atom stereocenters. The molecule has 0 aromatic heterocycles. The first-order chi connectivity index (χ1) is 6.04. The van der Waals surface area contributed by atoms with E-state index in [9.17, 15) is 13.6 Å². The molecule has 0 bridgehead atoms. The van der Waals surface area contributed by atoms with E-state index in [4.69, 9.17) is 58.0 Å². The minimum Gasteiger partial charge on any atom is -0.290 e. The lowest BCUT2D eigenvalue weighted by molar-refractivity contribution is -0.125. The summed E-state index contributed by atoms with van der Waals surface area (Å²) in [4.78, 5) is 11.1. The lowest BCUT2D eigenvalue weighted by atomic mass is 10.00. The molecule has 0 amide bonds. The number of carbonyl (C=O) groups is 1. The number of Topliss-reactive ketones (excluding diaryl/α,β-unsaturated/α-hetero) is 1. The summed E-state index contributed by atoms with van der Waals surface area (Å²) in [5.41, 5.74) is 0. The van der Waals surface area contributed by atoms with Gasteiger partial charge in [-0.1, -0.05) is 58.0 Å². The normalized spacial score (nSPS) is 28.5. The van der Waals surface area contributed by atoms with Crippen LogP contribution in [0, 0.1) is 0 Å². The molecule has 80 valence electrons. The Bertz CT molecular complexity index is 322. The average molecular weight is 304 g/mol. The lowest BCUT2D eigenvalue weighted by Gasteiger charge is -2.38. The summed E-state index contributed by atoms with van der Waals surface area (Å²) in [6, 6.07) is 0. The van der Waals surface area contributed by atoms with Crippen LogP contribution in [0.4, 0.5) is 8.78 Å². The number of halogens is 7. The minimum absolute atomic E-state index is 0.503. The van der Waals surface area contributed by atoms with Gasteiger partial charge in [0.15, 0.2) is 0 Å². The standard InChI is InChI=1S/C6HCl5F2O/c7-2-1-4(8,9)6(12,13)5(10,11)3(2)14/h1H. The molecule has 0 aliphatic heterocycles. The molecule has 0 radical (unpaired) electrons. The fraction of sp³-hybridized carbons (Fsp3) is 0.500. The zero-order valence-electron chi connectivity index (χ0n) is 6.13. The number of rotatable bonds is 0. The van der Waals surface area contributed by atoms with Gasteiger partial charge in [0.1, 0.15) is 0 Å². The summed E-state index contributed by atoms with van der Waals surface area (Å²) in [5, 5.41) is -0.620. The maximum absolute atomic E-state index is 13.3. The number of ketones is 1. The summed E-state index contributed by atoms with van der Waals surface area (Å²) in [6.45, 7) is 0. The van der Waals surface area contributed by atoms with Crippen LogP contribution in [0.5, 0.6) is 0 Å². The fourth-order valence-corrected chi connectivity index (χ4v) is 2.53. The molecule has 0 saturated heterocycles. The number of hydrogen-bond acceptors (Lipinski definition) is 1. The first kappa shape index (κ1) is 12.8. The molecule has 0 N–H and O–H groups in total. The first-order valence-electron chi connectivity index (χ1n) is 3.10. The molecule has 1 aliphatic rings. The zero-order valence-corrected chi connectivity index (χ0v) is 9.91. The van der Waals surface area contributed by atoms with E-state index in [1.54, 1.807) is 0 Å². The van der Waals surface area contributed by atoms with Crippen molar-refractivity contribution in [3.05, 3.63) is 11.1 Å². The van der Waals surface area contributed by atoms with Gasteiger partial charge in [-0.3, -0.25) is 4.79 Å². The van der Waals surface area contributed by atoms with Gasteiger partial charge in [-0.25, -0.2) is 0 Å². The van der Waals surface area contributed by atoms with Gasteiger partial charge >= 0.3 is 5.92 Å². The minimum atomic E-state index is -4.03. The number of alkyl halides is 6. The molecular weight excluding hydrogens is 303 g/mol. The van der Waals surface area contributed by atoms with Crippen LogP contribution in [0.1, 0.15) is 0 Å². The Kier molecular flexibility index (Phi) is 3.07. The fourth-order valence-electron chi connectivity index (χ4n) is 0.817. The predicted molar refractivity (Wildman–Crippen MR) is 52.8 cm³/mol. The second-order valence-electron chi connectivity index (χ2n) is 2.59. The highest BCUT2D eigenvalue weighted by molar-refractivity contribution is 6.67. The second-order valence-corrected chi connectivity index (χ2v) is 5.71. The van der Waals surface area contributed by atoms with Gasteiger partial charge in [0.2, 0.25) is 14.4 Å². The summed E-state index contributed by atoms with van der Waals surface area (Å²) >= 11 is 26.1. The van der Waals surface area contributed by atoms with Gasteiger partial charge in [0, 0.05) is 0 Å². The van der Waals surface area contributed by atoms with Crippen LogP contribution >= 0.6 is 58.0 Å². The molecule has 0 aromatic carbocycles. The van der Waals surface area contributed by atoms with Crippen LogP contribution in [0.25, 0.3) is 0 Å². The molecule has 1 nitrogen and oxygen atoms in total. The van der Waals surface area contributed by atoms with E-state index >= 15 is 0 Å². The monoisotopic (exact) mass is 302 g/mol. The molecule has 0 heterocycles. The molecular formula is C6HCl5F2O. The van der Waals surface area contributed by atoms with E-state index < -0.39 is 25.4 Å². The Hall–Kier alpha value is 0.720. The van der Waals surface area contributed by atoms with Crippen molar-refractivity contribution >= 4 is 63.8 Å². The number of allylic oxidation sites excluding steroid dienone is 2. The Labute approximate surface area is 103 Å². The third kappa shape index (κ3) is 1.54. The number of carbonyl (C=O) groups excluding carboxylic acids is 1. The van der Waals surface area contributed by atoms with E-state index in [1.165, 1.54) is 0 Å². The summed E-state index contributed by atoms with van der Waals surface area (Å²) in [7, 11) is 0. The lowest BCUT2D eigenvalue weighted by Crippen LogP contribution is -2.57. The van der Waals surface area contributed by atoms with Crippen molar-refractivity contribution < 1.29 is 13.6 Å². The summed E-state index contributed by atoms with van der Waals surface area (Å²) in [5.74, 6) is -5.36. The highest BCUT2D eigenvalue weighted by Crippen LogP contribution is 2.56. The Morgan fingerprint density at radius 3 is 2.00 bits per heavy atom. The highest BCUT2D eigenvalue weighted by atomic mass is 35.5. The highest BCUT2D eigenvalue weighted by Gasteiger charge is 2.70. The molecule has 0 fully saturated rings. The van der Waals surface area contributed by atoms with Gasteiger partial charge in [0.05, 0.1) is 5.03 Å². The molecule has 14 heavy (non-hydrogen) atoms. The van der Waals surface area contributed by atoms with E-state index in [0.29, 0.717) is 6.08 Å². The Balaban J connectivity index is 3.42. The maximum Gasteiger partial charge on any atom is 0.323 e. The first-order valence-corrected chi connectivity index (χ1v) is 4.99. The van der Waals surface area contributed by atoms with Crippen molar-refractivity contribution in [2.75, 3.05) is 0 Å². The average Bonchev–Trinajstić information content (AvgIpc) is 1.99. The van der Waals surface area contributed by atoms with E-state index in [0.717, 1.165) is 0 Å². The van der Waals surface area contributed by atoms with Gasteiger partial charge in [-0.2, -0.15) is 8.78 Å². The summed E-state index contributed by atoms with van der Waals surface area (Å²) < 4.78 is 20.9. The van der Waals surface area contributed by atoms with Crippen LogP contribution < -0.4 is 0 Å². The van der Waals surface area contributed by atoms with E-state index in [1.807, 2.05) is 0 Å². The third-order valence-corrected chi connectivity index (χ3v) is 3.41. The quantitative estimate of drug-likeness (QED) is 0.624. The van der Waals surface area contributed by atoms with Crippen LogP contribution in [-0.2, 0) is 4.79 Å². The second kappa shape index (κ2) is 3.36. The smallest absolute Gasteiger partial charge is 0.290 e. The predicted octanol–water partition coefficient (Wildman–Crippen LogP) is 3.67. The van der Waals surface area contributed by atoms with Crippen LogP contribution in [-0.4, -0.2) is 20.4 Å². The molecule has 0 atom stereocenters. The van der Waals surface area contributed by atoms with Gasteiger partial charge in [-0.15, -0.1) is 0 Å². The topological polar surface area (TPSA) is 17.1 Å². The molecule has 0 aromatic rings. The van der Waals surface area contributed by atoms with Crippen molar-refractivity contribution in [1.29, 1.82) is 0 Å². The molecule has 0 saturated carbocycles. The zero-order chi connectivity index (χ0) is 11.4. The Morgan fingerprint density at radius 2 is 1.57 bits per heavy atom. The molecule has 0 spiro atoms. The maximum atomic E-state index is 13.3. The Morgan fingerprint density at radius 1 is 1.14 bits per heavy atom. The molecule has 8 heteroatoms. The van der Waals surface area contributed by atoms with Crippen molar-refractivity contribution in [1.82, 2.24) is 0 Å². The van der Waals surface area contributed by atoms with E-state index in [-0.39, 0.29) is 0 Å². The van der Waals surface area contributed by atoms with Crippen molar-refractivity contribution in [3.8, 4) is 0 Å². The summed E-state index contributed by atoms with van der Waals surface area (Å²) in [6.07, 6.45) is 0.503.